The molecule has 2 aromatic carbocycles. The Kier molecular flexibility index (Phi) is 4.70. The number of fused-ring (bicyclic) bond motifs is 1. The number of aromatic nitrogens is 4. The molecule has 0 saturated heterocycles. The van der Waals surface area contributed by atoms with Gasteiger partial charge in [-0.15, -0.1) is 16.4 Å². The number of para-hydroxylation sites is 2. The van der Waals surface area contributed by atoms with Gasteiger partial charge in [-0.25, -0.2) is 9.67 Å². The Morgan fingerprint density at radius 3 is 2.73 bits per heavy atom. The molecule has 0 aliphatic carbocycles. The molecule has 26 heavy (non-hydrogen) atoms. The standard InChI is InChI=1S/C19H17N5OS/c25-19(16-13-24(23-22-16)14-7-2-1-3-8-14)20-12-6-11-18-21-15-9-4-5-10-17(15)26-18/h1-5,7-10,13H,6,11-12H2,(H,20,25). The van der Waals surface area contributed by atoms with Gasteiger partial charge in [0.05, 0.1) is 27.1 Å². The van der Waals surface area contributed by atoms with E-state index in [0.717, 1.165) is 29.1 Å². The van der Waals surface area contributed by atoms with Gasteiger partial charge in [-0.2, -0.15) is 0 Å². The maximum atomic E-state index is 12.2. The highest BCUT2D eigenvalue weighted by atomic mass is 32.1. The summed E-state index contributed by atoms with van der Waals surface area (Å²) in [7, 11) is 0. The van der Waals surface area contributed by atoms with Gasteiger partial charge < -0.3 is 5.32 Å². The lowest BCUT2D eigenvalue weighted by molar-refractivity contribution is 0.0948. The van der Waals surface area contributed by atoms with Crippen molar-refractivity contribution in [3.8, 4) is 5.69 Å². The van der Waals surface area contributed by atoms with Gasteiger partial charge in [0.15, 0.2) is 5.69 Å². The van der Waals surface area contributed by atoms with Crippen molar-refractivity contribution in [2.75, 3.05) is 6.54 Å². The SMILES string of the molecule is O=C(NCCCc1nc2ccccc2s1)c1cn(-c2ccccc2)nn1. The first-order valence-corrected chi connectivity index (χ1v) is 9.22. The van der Waals surface area contributed by atoms with E-state index in [-0.39, 0.29) is 5.91 Å². The van der Waals surface area contributed by atoms with E-state index in [0.29, 0.717) is 12.2 Å². The normalized spacial score (nSPS) is 10.9. The minimum Gasteiger partial charge on any atom is -0.351 e. The Bertz CT molecular complexity index is 992. The van der Waals surface area contributed by atoms with Crippen molar-refractivity contribution in [3.05, 3.63) is 71.5 Å². The molecular formula is C19H17N5OS. The van der Waals surface area contributed by atoms with Crippen LogP contribution >= 0.6 is 11.3 Å². The molecule has 1 N–H and O–H groups in total. The molecule has 0 saturated carbocycles. The third kappa shape index (κ3) is 3.62. The monoisotopic (exact) mass is 363 g/mol. The van der Waals surface area contributed by atoms with Crippen molar-refractivity contribution in [1.29, 1.82) is 0 Å². The van der Waals surface area contributed by atoms with E-state index in [9.17, 15) is 4.79 Å². The molecule has 0 aliphatic heterocycles. The number of hydrogen-bond donors (Lipinski definition) is 1. The minimum atomic E-state index is -0.212. The second-order valence-electron chi connectivity index (χ2n) is 5.82. The Morgan fingerprint density at radius 2 is 1.88 bits per heavy atom. The Hall–Kier alpha value is -3.06. The van der Waals surface area contributed by atoms with Gasteiger partial charge in [-0.05, 0) is 30.7 Å². The third-order valence-corrected chi connectivity index (χ3v) is 5.03. The van der Waals surface area contributed by atoms with Gasteiger partial charge in [0, 0.05) is 13.0 Å². The van der Waals surface area contributed by atoms with Crippen LogP contribution in [0.5, 0.6) is 0 Å². The van der Waals surface area contributed by atoms with Crippen LogP contribution in [0.2, 0.25) is 0 Å². The molecule has 130 valence electrons. The molecule has 2 aromatic heterocycles. The number of carbonyl (C=O) groups excluding carboxylic acids is 1. The molecule has 0 bridgehead atoms. The first kappa shape index (κ1) is 16.4. The highest BCUT2D eigenvalue weighted by Crippen LogP contribution is 2.22. The number of nitrogens with zero attached hydrogens (tertiary/aromatic N) is 4. The second-order valence-corrected chi connectivity index (χ2v) is 6.93. The summed E-state index contributed by atoms with van der Waals surface area (Å²) in [5.41, 5.74) is 2.22. The average molecular weight is 363 g/mol. The lowest BCUT2D eigenvalue weighted by atomic mass is 10.3. The van der Waals surface area contributed by atoms with E-state index >= 15 is 0 Å². The summed E-state index contributed by atoms with van der Waals surface area (Å²) in [6.07, 6.45) is 3.31. The zero-order valence-corrected chi connectivity index (χ0v) is 14.8. The van der Waals surface area contributed by atoms with Crippen LogP contribution < -0.4 is 5.32 Å². The highest BCUT2D eigenvalue weighted by molar-refractivity contribution is 7.18. The van der Waals surface area contributed by atoms with Gasteiger partial charge in [0.25, 0.3) is 5.91 Å². The number of rotatable bonds is 6. The molecule has 0 fully saturated rings. The highest BCUT2D eigenvalue weighted by Gasteiger charge is 2.11. The second kappa shape index (κ2) is 7.45. The molecule has 0 aliphatic rings. The van der Waals surface area contributed by atoms with Crippen molar-refractivity contribution < 1.29 is 4.79 Å². The molecule has 0 unspecified atom stereocenters. The van der Waals surface area contributed by atoms with E-state index in [1.165, 1.54) is 4.70 Å². The Labute approximate surface area is 154 Å². The summed E-state index contributed by atoms with van der Waals surface area (Å²) in [6.45, 7) is 0.576. The van der Waals surface area contributed by atoms with Crippen molar-refractivity contribution in [1.82, 2.24) is 25.3 Å². The van der Waals surface area contributed by atoms with Crippen LogP contribution in [0.15, 0.2) is 60.8 Å². The van der Waals surface area contributed by atoms with Crippen LogP contribution in [0, 0.1) is 0 Å². The van der Waals surface area contributed by atoms with Crippen LogP contribution in [0.4, 0.5) is 0 Å². The molecule has 6 nitrogen and oxygen atoms in total. The summed E-state index contributed by atoms with van der Waals surface area (Å²) in [5, 5.41) is 11.9. The van der Waals surface area contributed by atoms with E-state index in [2.05, 4.69) is 26.7 Å². The van der Waals surface area contributed by atoms with Gasteiger partial charge in [-0.1, -0.05) is 35.5 Å². The fraction of sp³-hybridized carbons (Fsp3) is 0.158. The maximum Gasteiger partial charge on any atom is 0.273 e. The first-order chi connectivity index (χ1) is 12.8. The zero-order valence-electron chi connectivity index (χ0n) is 14.0. The van der Waals surface area contributed by atoms with E-state index < -0.39 is 0 Å². The van der Waals surface area contributed by atoms with Crippen molar-refractivity contribution in [2.45, 2.75) is 12.8 Å². The molecule has 0 spiro atoms. The maximum absolute atomic E-state index is 12.2. The lowest BCUT2D eigenvalue weighted by Gasteiger charge is -2.01. The number of benzene rings is 2. The van der Waals surface area contributed by atoms with Crippen LogP contribution in [0.3, 0.4) is 0 Å². The number of carbonyl (C=O) groups is 1. The van der Waals surface area contributed by atoms with Gasteiger partial charge in [0.2, 0.25) is 0 Å². The van der Waals surface area contributed by atoms with Crippen LogP contribution in [0.25, 0.3) is 15.9 Å². The average Bonchev–Trinajstić information content (AvgIpc) is 3.32. The Balaban J connectivity index is 1.29. The Morgan fingerprint density at radius 1 is 1.08 bits per heavy atom. The number of nitrogens with one attached hydrogen (secondary N) is 1. The molecule has 0 atom stereocenters. The van der Waals surface area contributed by atoms with Crippen molar-refractivity contribution in [3.63, 3.8) is 0 Å². The summed E-state index contributed by atoms with van der Waals surface area (Å²) in [5.74, 6) is -0.212. The van der Waals surface area contributed by atoms with Gasteiger partial charge in [-0.3, -0.25) is 4.79 Å². The smallest absolute Gasteiger partial charge is 0.273 e. The fourth-order valence-corrected chi connectivity index (χ4v) is 3.64. The predicted molar refractivity (Wildman–Crippen MR) is 102 cm³/mol. The van der Waals surface area contributed by atoms with E-state index in [1.807, 2.05) is 48.5 Å². The molecule has 0 radical (unpaired) electrons. The molecular weight excluding hydrogens is 346 g/mol. The lowest BCUT2D eigenvalue weighted by Crippen LogP contribution is -2.25. The number of aryl methyl sites for hydroxylation is 1. The third-order valence-electron chi connectivity index (χ3n) is 3.94. The molecule has 1 amide bonds. The topological polar surface area (TPSA) is 72.7 Å². The molecule has 7 heteroatoms. The molecule has 2 heterocycles. The largest absolute Gasteiger partial charge is 0.351 e. The van der Waals surface area contributed by atoms with Crippen LogP contribution in [0.1, 0.15) is 21.9 Å². The first-order valence-electron chi connectivity index (χ1n) is 8.40. The molecule has 4 rings (SSSR count). The van der Waals surface area contributed by atoms with Crippen molar-refractivity contribution >= 4 is 27.5 Å². The number of thiazole rings is 1. The van der Waals surface area contributed by atoms with Gasteiger partial charge >= 0.3 is 0 Å². The van der Waals surface area contributed by atoms with E-state index in [1.54, 1.807) is 22.2 Å². The summed E-state index contributed by atoms with van der Waals surface area (Å²) >= 11 is 1.70. The summed E-state index contributed by atoms with van der Waals surface area (Å²) < 4.78 is 2.79. The predicted octanol–water partition coefficient (Wildman–Crippen LogP) is 3.24. The van der Waals surface area contributed by atoms with Crippen molar-refractivity contribution in [2.24, 2.45) is 0 Å². The van der Waals surface area contributed by atoms with Gasteiger partial charge in [0.1, 0.15) is 0 Å². The summed E-state index contributed by atoms with van der Waals surface area (Å²) in [4.78, 5) is 16.8. The molecule has 4 aromatic rings. The van der Waals surface area contributed by atoms with Crippen LogP contribution in [-0.2, 0) is 6.42 Å². The minimum absolute atomic E-state index is 0.212. The number of hydrogen-bond acceptors (Lipinski definition) is 5. The van der Waals surface area contributed by atoms with E-state index in [4.69, 9.17) is 0 Å². The summed E-state index contributed by atoms with van der Waals surface area (Å²) in [6, 6.07) is 17.7. The quantitative estimate of drug-likeness (QED) is 0.534. The number of amides is 1. The zero-order chi connectivity index (χ0) is 17.8. The van der Waals surface area contributed by atoms with Crippen LogP contribution in [-0.4, -0.2) is 32.4 Å². The fourth-order valence-electron chi connectivity index (χ4n) is 2.63.